The summed E-state index contributed by atoms with van der Waals surface area (Å²) in [6.07, 6.45) is 13.7. The number of carbonyl (C=O) groups is 1. The number of benzene rings is 1. The van der Waals surface area contributed by atoms with Crippen LogP contribution in [0.4, 0.5) is 0 Å². The van der Waals surface area contributed by atoms with Gasteiger partial charge in [0.15, 0.2) is 0 Å². The van der Waals surface area contributed by atoms with Crippen LogP contribution in [0.15, 0.2) is 53.2 Å². The van der Waals surface area contributed by atoms with Crippen LogP contribution in [-0.2, 0) is 9.53 Å². The summed E-state index contributed by atoms with van der Waals surface area (Å²) in [6, 6.07) is 2.98. The number of aliphatic hydroxyl groups is 1. The van der Waals surface area contributed by atoms with E-state index in [1.54, 1.807) is 26.0 Å². The molecule has 1 atom stereocenters. The van der Waals surface area contributed by atoms with Crippen molar-refractivity contribution in [1.82, 2.24) is 0 Å². The molecule has 0 aliphatic rings. The standard InChI is InChI=1S/C28H40O5/c1-20(2)10-7-13-23(27(31)33-6)14-8-11-21(3)12-9-16-28(5,32)17-15-24-19-25(29)22(4)18-26(24)30/h10,12,14-15,17-19,29-30,32H,7-9,11,13,16H2,1-6H3/b17-15-,21-12+,23-14-. The first-order chi connectivity index (χ1) is 15.4. The first-order valence-electron chi connectivity index (χ1n) is 11.5. The van der Waals surface area contributed by atoms with E-state index in [0.29, 0.717) is 36.0 Å². The Balaban J connectivity index is 2.62. The lowest BCUT2D eigenvalue weighted by molar-refractivity contribution is -0.136. The summed E-state index contributed by atoms with van der Waals surface area (Å²) in [5.41, 5.74) is 3.15. The molecule has 0 bridgehead atoms. The number of hydrogen-bond acceptors (Lipinski definition) is 5. The van der Waals surface area contributed by atoms with Gasteiger partial charge in [-0.2, -0.15) is 0 Å². The minimum absolute atomic E-state index is 0.0633. The van der Waals surface area contributed by atoms with Crippen molar-refractivity contribution < 1.29 is 24.9 Å². The molecule has 182 valence electrons. The van der Waals surface area contributed by atoms with Crippen molar-refractivity contribution in [2.75, 3.05) is 7.11 Å². The van der Waals surface area contributed by atoms with Gasteiger partial charge >= 0.3 is 5.97 Å². The van der Waals surface area contributed by atoms with Crippen LogP contribution in [0.3, 0.4) is 0 Å². The first kappa shape index (κ1) is 28.2. The lowest BCUT2D eigenvalue weighted by Gasteiger charge is -2.18. The molecule has 3 N–H and O–H groups in total. The van der Waals surface area contributed by atoms with Crippen molar-refractivity contribution in [2.45, 2.75) is 78.7 Å². The maximum atomic E-state index is 12.0. The smallest absolute Gasteiger partial charge is 0.333 e. The van der Waals surface area contributed by atoms with Crippen molar-refractivity contribution in [1.29, 1.82) is 0 Å². The molecular weight excluding hydrogens is 416 g/mol. The molecular formula is C28H40O5. The summed E-state index contributed by atoms with van der Waals surface area (Å²) < 4.78 is 4.90. The Bertz CT molecular complexity index is 912. The van der Waals surface area contributed by atoms with Gasteiger partial charge in [0.1, 0.15) is 11.5 Å². The van der Waals surface area contributed by atoms with E-state index in [0.717, 1.165) is 19.3 Å². The van der Waals surface area contributed by atoms with Crippen LogP contribution in [0.2, 0.25) is 0 Å². The molecule has 1 rings (SSSR count). The number of methoxy groups -OCH3 is 1. The fourth-order valence-electron chi connectivity index (χ4n) is 3.31. The normalized spacial score (nSPS) is 14.3. The average Bonchev–Trinajstić information content (AvgIpc) is 2.73. The van der Waals surface area contributed by atoms with Gasteiger partial charge in [0.2, 0.25) is 0 Å². The second-order valence-electron chi connectivity index (χ2n) is 9.06. The number of phenols is 2. The predicted octanol–water partition coefficient (Wildman–Crippen LogP) is 6.52. The third-order valence-corrected chi connectivity index (χ3v) is 5.45. The first-order valence-corrected chi connectivity index (χ1v) is 11.5. The summed E-state index contributed by atoms with van der Waals surface area (Å²) in [6.45, 7) is 9.56. The molecule has 33 heavy (non-hydrogen) atoms. The Morgan fingerprint density at radius 2 is 1.67 bits per heavy atom. The number of ether oxygens (including phenoxy) is 1. The molecule has 0 spiro atoms. The number of allylic oxidation sites excluding steroid dienone is 5. The molecule has 1 aromatic carbocycles. The fraction of sp³-hybridized carbons (Fsp3) is 0.464. The number of aryl methyl sites for hydroxylation is 1. The number of carbonyl (C=O) groups excluding carboxylic acids is 1. The van der Waals surface area contributed by atoms with Crippen LogP contribution < -0.4 is 0 Å². The molecule has 1 unspecified atom stereocenters. The Hall–Kier alpha value is -2.79. The van der Waals surface area contributed by atoms with Crippen LogP contribution in [0.1, 0.15) is 77.3 Å². The summed E-state index contributed by atoms with van der Waals surface area (Å²) in [5.74, 6) is -0.102. The van der Waals surface area contributed by atoms with Crippen molar-refractivity contribution in [3.63, 3.8) is 0 Å². The van der Waals surface area contributed by atoms with Gasteiger partial charge in [0.05, 0.1) is 12.7 Å². The molecule has 1 aromatic rings. The van der Waals surface area contributed by atoms with E-state index in [2.05, 4.69) is 12.2 Å². The van der Waals surface area contributed by atoms with E-state index < -0.39 is 5.60 Å². The number of hydrogen-bond donors (Lipinski definition) is 3. The predicted molar refractivity (Wildman–Crippen MR) is 135 cm³/mol. The fourth-order valence-corrected chi connectivity index (χ4v) is 3.31. The lowest BCUT2D eigenvalue weighted by Crippen LogP contribution is -2.19. The molecule has 0 fully saturated rings. The Morgan fingerprint density at radius 1 is 1.00 bits per heavy atom. The van der Waals surface area contributed by atoms with Crippen LogP contribution in [-0.4, -0.2) is 34.0 Å². The Morgan fingerprint density at radius 3 is 2.30 bits per heavy atom. The summed E-state index contributed by atoms with van der Waals surface area (Å²) in [5, 5.41) is 30.5. The maximum absolute atomic E-state index is 12.0. The van der Waals surface area contributed by atoms with Gasteiger partial charge in [0, 0.05) is 11.1 Å². The van der Waals surface area contributed by atoms with Crippen LogP contribution in [0.5, 0.6) is 11.5 Å². The van der Waals surface area contributed by atoms with E-state index in [1.165, 1.54) is 30.4 Å². The number of aromatic hydroxyl groups is 2. The average molecular weight is 457 g/mol. The number of phenolic OH excluding ortho intramolecular Hbond substituents is 2. The number of esters is 1. The molecule has 0 saturated carbocycles. The van der Waals surface area contributed by atoms with Crippen LogP contribution >= 0.6 is 0 Å². The molecule has 5 nitrogen and oxygen atoms in total. The minimum Gasteiger partial charge on any atom is -0.508 e. The largest absolute Gasteiger partial charge is 0.508 e. The van der Waals surface area contributed by atoms with Gasteiger partial charge < -0.3 is 20.1 Å². The molecule has 5 heteroatoms. The van der Waals surface area contributed by atoms with Gasteiger partial charge in [-0.15, -0.1) is 0 Å². The molecule has 0 amide bonds. The van der Waals surface area contributed by atoms with E-state index in [-0.39, 0.29) is 17.5 Å². The van der Waals surface area contributed by atoms with Crippen LogP contribution in [0.25, 0.3) is 6.08 Å². The van der Waals surface area contributed by atoms with Crippen molar-refractivity contribution in [3.05, 3.63) is 64.3 Å². The second kappa shape index (κ2) is 13.7. The zero-order chi connectivity index (χ0) is 25.0. The quantitative estimate of drug-likeness (QED) is 0.144. The molecule has 0 radical (unpaired) electrons. The third kappa shape index (κ3) is 11.1. The Labute approximate surface area is 198 Å². The molecule has 0 heterocycles. The van der Waals surface area contributed by atoms with E-state index in [4.69, 9.17) is 4.74 Å². The lowest BCUT2D eigenvalue weighted by atomic mass is 9.96. The minimum atomic E-state index is -1.05. The zero-order valence-corrected chi connectivity index (χ0v) is 20.9. The molecule has 0 saturated heterocycles. The highest BCUT2D eigenvalue weighted by atomic mass is 16.5. The van der Waals surface area contributed by atoms with Crippen molar-refractivity contribution in [2.24, 2.45) is 0 Å². The number of rotatable bonds is 12. The highest BCUT2D eigenvalue weighted by molar-refractivity contribution is 5.88. The van der Waals surface area contributed by atoms with Crippen molar-refractivity contribution in [3.8, 4) is 11.5 Å². The molecule has 0 aliphatic carbocycles. The van der Waals surface area contributed by atoms with Gasteiger partial charge in [-0.25, -0.2) is 4.79 Å². The van der Waals surface area contributed by atoms with E-state index in [1.807, 2.05) is 26.8 Å². The third-order valence-electron chi connectivity index (χ3n) is 5.45. The monoisotopic (exact) mass is 456 g/mol. The van der Waals surface area contributed by atoms with E-state index >= 15 is 0 Å². The highest BCUT2D eigenvalue weighted by Gasteiger charge is 2.15. The van der Waals surface area contributed by atoms with Gasteiger partial charge in [-0.3, -0.25) is 0 Å². The van der Waals surface area contributed by atoms with Gasteiger partial charge in [-0.05, 0) is 90.8 Å². The Kier molecular flexibility index (Phi) is 11.7. The zero-order valence-electron chi connectivity index (χ0n) is 20.9. The SMILES string of the molecule is COC(=O)/C(=C\CC/C(C)=C/CCC(C)(O)/C=C\c1cc(O)c(C)cc1O)CCC=C(C)C. The topological polar surface area (TPSA) is 87.0 Å². The second-order valence-corrected chi connectivity index (χ2v) is 9.06. The summed E-state index contributed by atoms with van der Waals surface area (Å²) in [4.78, 5) is 12.0. The van der Waals surface area contributed by atoms with Gasteiger partial charge in [-0.1, -0.05) is 41.5 Å². The molecule has 0 aromatic heterocycles. The maximum Gasteiger partial charge on any atom is 0.333 e. The molecule has 0 aliphatic heterocycles. The van der Waals surface area contributed by atoms with Crippen LogP contribution in [0, 0.1) is 6.92 Å². The summed E-state index contributed by atoms with van der Waals surface area (Å²) >= 11 is 0. The van der Waals surface area contributed by atoms with Crippen molar-refractivity contribution >= 4 is 12.0 Å². The highest BCUT2D eigenvalue weighted by Crippen LogP contribution is 2.28. The van der Waals surface area contributed by atoms with Gasteiger partial charge in [0.25, 0.3) is 0 Å². The van der Waals surface area contributed by atoms with E-state index in [9.17, 15) is 20.1 Å². The summed E-state index contributed by atoms with van der Waals surface area (Å²) in [7, 11) is 1.41.